The Bertz CT molecular complexity index is 645. The first-order chi connectivity index (χ1) is 9.16. The summed E-state index contributed by atoms with van der Waals surface area (Å²) >= 11 is 1.31. The highest BCUT2D eigenvalue weighted by Crippen LogP contribution is 2.38. The molecule has 0 saturated heterocycles. The number of nitrogens with one attached hydrogen (secondary N) is 1. The lowest BCUT2D eigenvalue weighted by Gasteiger charge is -2.09. The summed E-state index contributed by atoms with van der Waals surface area (Å²) in [6.45, 7) is 1.69. The van der Waals surface area contributed by atoms with Crippen LogP contribution >= 0.6 is 11.8 Å². The number of pyridine rings is 1. The Morgan fingerprint density at radius 1 is 1.58 bits per heavy atom. The van der Waals surface area contributed by atoms with E-state index in [9.17, 15) is 9.90 Å². The molecule has 0 aliphatic heterocycles. The molecule has 2 aromatic rings. The Morgan fingerprint density at radius 2 is 2.37 bits per heavy atom. The number of aromatic nitrogens is 4. The molecule has 1 fully saturated rings. The average Bonchev–Trinajstić information content (AvgIpc) is 3.15. The normalized spacial score (nSPS) is 16.5. The summed E-state index contributed by atoms with van der Waals surface area (Å²) in [5.74, 6) is 0. The fraction of sp³-hybridized carbons (Fsp3) is 0.417. The van der Waals surface area contributed by atoms with Crippen LogP contribution in [-0.4, -0.2) is 24.9 Å². The number of hydrogen-bond acceptors (Lipinski definition) is 5. The molecule has 3 rings (SSSR count). The number of rotatable bonds is 4. The van der Waals surface area contributed by atoms with Crippen molar-refractivity contribution in [2.24, 2.45) is 0 Å². The van der Waals surface area contributed by atoms with Crippen molar-refractivity contribution < 1.29 is 5.11 Å². The highest BCUT2D eigenvalue weighted by Gasteiger charge is 2.29. The van der Waals surface area contributed by atoms with E-state index in [1.807, 2.05) is 6.07 Å². The lowest BCUT2D eigenvalue weighted by Crippen LogP contribution is -2.16. The van der Waals surface area contributed by atoms with Gasteiger partial charge in [0.05, 0.1) is 6.10 Å². The Morgan fingerprint density at radius 3 is 3.05 bits per heavy atom. The van der Waals surface area contributed by atoms with Crippen LogP contribution in [0.15, 0.2) is 33.3 Å². The van der Waals surface area contributed by atoms with E-state index in [1.54, 1.807) is 23.8 Å². The van der Waals surface area contributed by atoms with E-state index in [4.69, 9.17) is 0 Å². The van der Waals surface area contributed by atoms with Gasteiger partial charge < -0.3 is 5.11 Å². The molecule has 0 amide bonds. The summed E-state index contributed by atoms with van der Waals surface area (Å²) in [6.07, 6.45) is 3.09. The van der Waals surface area contributed by atoms with Crippen LogP contribution in [0.25, 0.3) is 0 Å². The molecule has 0 spiro atoms. The largest absolute Gasteiger partial charge is 0.389 e. The zero-order chi connectivity index (χ0) is 13.4. The van der Waals surface area contributed by atoms with Crippen LogP contribution in [0.3, 0.4) is 0 Å². The maximum absolute atomic E-state index is 11.7. The number of hydrogen-bond donors (Lipinski definition) is 2. The first kappa shape index (κ1) is 12.4. The number of aliphatic hydroxyl groups excluding tert-OH is 1. The van der Waals surface area contributed by atoms with Crippen LogP contribution in [-0.2, 0) is 0 Å². The summed E-state index contributed by atoms with van der Waals surface area (Å²) in [5.41, 5.74) is 0.560. The van der Waals surface area contributed by atoms with E-state index < -0.39 is 6.10 Å². The highest BCUT2D eigenvalue weighted by molar-refractivity contribution is 7.99. The Labute approximate surface area is 113 Å². The summed E-state index contributed by atoms with van der Waals surface area (Å²) < 4.78 is 1.67. The molecule has 7 heteroatoms. The predicted molar refractivity (Wildman–Crippen MR) is 70.1 cm³/mol. The van der Waals surface area contributed by atoms with Gasteiger partial charge in [0.1, 0.15) is 5.03 Å². The number of aliphatic hydroxyl groups is 1. The zero-order valence-corrected chi connectivity index (χ0v) is 11.2. The Hall–Kier alpha value is -1.60. The minimum atomic E-state index is -0.601. The van der Waals surface area contributed by atoms with E-state index in [2.05, 4.69) is 15.2 Å². The molecule has 1 aliphatic carbocycles. The van der Waals surface area contributed by atoms with Gasteiger partial charge >= 0.3 is 5.69 Å². The summed E-state index contributed by atoms with van der Waals surface area (Å²) in [5, 5.41) is 17.5. The molecule has 1 atom stereocenters. The second kappa shape index (κ2) is 4.82. The summed E-state index contributed by atoms with van der Waals surface area (Å²) in [7, 11) is 0. The smallest absolute Gasteiger partial charge is 0.344 e. The van der Waals surface area contributed by atoms with Crippen molar-refractivity contribution >= 4 is 11.8 Å². The van der Waals surface area contributed by atoms with Crippen LogP contribution in [0.5, 0.6) is 0 Å². The first-order valence-electron chi connectivity index (χ1n) is 6.14. The van der Waals surface area contributed by atoms with Gasteiger partial charge in [0.15, 0.2) is 5.16 Å². The van der Waals surface area contributed by atoms with Gasteiger partial charge in [-0.1, -0.05) is 6.07 Å². The maximum Gasteiger partial charge on any atom is 0.344 e. The monoisotopic (exact) mass is 278 g/mol. The fourth-order valence-corrected chi connectivity index (χ4v) is 2.97. The molecule has 6 nitrogen and oxygen atoms in total. The third-order valence-corrected chi connectivity index (χ3v) is 4.03. The topological polar surface area (TPSA) is 83.8 Å². The minimum Gasteiger partial charge on any atom is -0.389 e. The van der Waals surface area contributed by atoms with Crippen molar-refractivity contribution in [3.63, 3.8) is 0 Å². The molecule has 2 N–H and O–H groups in total. The van der Waals surface area contributed by atoms with Crippen molar-refractivity contribution in [3.8, 4) is 0 Å². The van der Waals surface area contributed by atoms with Gasteiger partial charge in [-0.3, -0.25) is 4.57 Å². The Kier molecular flexibility index (Phi) is 3.16. The fourth-order valence-electron chi connectivity index (χ4n) is 1.91. The molecule has 0 radical (unpaired) electrons. The third-order valence-electron chi connectivity index (χ3n) is 3.02. The van der Waals surface area contributed by atoms with E-state index in [0.717, 1.165) is 18.4 Å². The van der Waals surface area contributed by atoms with Gasteiger partial charge in [0.25, 0.3) is 0 Å². The molecule has 0 bridgehead atoms. The van der Waals surface area contributed by atoms with E-state index in [1.165, 1.54) is 11.8 Å². The number of nitrogens with zero attached hydrogens (tertiary/aromatic N) is 3. The van der Waals surface area contributed by atoms with E-state index in [-0.39, 0.29) is 11.7 Å². The minimum absolute atomic E-state index is 0.181. The van der Waals surface area contributed by atoms with Crippen LogP contribution in [0, 0.1) is 0 Å². The molecule has 0 aromatic carbocycles. The highest BCUT2D eigenvalue weighted by atomic mass is 32.2. The van der Waals surface area contributed by atoms with Crippen molar-refractivity contribution in [1.29, 1.82) is 0 Å². The van der Waals surface area contributed by atoms with Crippen LogP contribution in [0.1, 0.15) is 37.5 Å². The SMILES string of the molecule is C[C@@H](O)c1cccnc1Sc1n[nH]c(=O)n1C1CC1. The Balaban J connectivity index is 1.96. The summed E-state index contributed by atoms with van der Waals surface area (Å²) in [4.78, 5) is 16.0. The quantitative estimate of drug-likeness (QED) is 0.885. The molecular weight excluding hydrogens is 264 g/mol. The van der Waals surface area contributed by atoms with Gasteiger partial charge in [-0.25, -0.2) is 14.9 Å². The van der Waals surface area contributed by atoms with Crippen molar-refractivity contribution in [2.45, 2.75) is 42.1 Å². The lowest BCUT2D eigenvalue weighted by atomic mass is 10.2. The number of H-pyrrole nitrogens is 1. The van der Waals surface area contributed by atoms with Gasteiger partial charge in [0, 0.05) is 17.8 Å². The van der Waals surface area contributed by atoms with Gasteiger partial charge in [-0.05, 0) is 37.6 Å². The van der Waals surface area contributed by atoms with Crippen LogP contribution < -0.4 is 5.69 Å². The second-order valence-corrected chi connectivity index (χ2v) is 5.54. The van der Waals surface area contributed by atoms with E-state index >= 15 is 0 Å². The lowest BCUT2D eigenvalue weighted by molar-refractivity contribution is 0.195. The van der Waals surface area contributed by atoms with Crippen molar-refractivity contribution in [1.82, 2.24) is 19.7 Å². The molecule has 2 aromatic heterocycles. The second-order valence-electron chi connectivity index (χ2n) is 4.59. The number of aromatic amines is 1. The van der Waals surface area contributed by atoms with Gasteiger partial charge in [-0.2, -0.15) is 0 Å². The first-order valence-corrected chi connectivity index (χ1v) is 6.96. The van der Waals surface area contributed by atoms with Gasteiger partial charge in [0.2, 0.25) is 0 Å². The average molecular weight is 278 g/mol. The molecule has 100 valence electrons. The molecule has 19 heavy (non-hydrogen) atoms. The van der Waals surface area contributed by atoms with Crippen molar-refractivity contribution in [2.75, 3.05) is 0 Å². The molecule has 2 heterocycles. The van der Waals surface area contributed by atoms with Crippen molar-refractivity contribution in [3.05, 3.63) is 34.4 Å². The molecule has 1 aliphatic rings. The molecule has 1 saturated carbocycles. The third kappa shape index (κ3) is 2.43. The standard InChI is InChI=1S/C12H14N4O2S/c1-7(17)9-3-2-6-13-10(9)19-12-15-14-11(18)16(12)8-4-5-8/h2-3,6-8,17H,4-5H2,1H3,(H,14,18)/t7-/m1/s1. The summed E-state index contributed by atoms with van der Waals surface area (Å²) in [6, 6.07) is 3.86. The van der Waals surface area contributed by atoms with Gasteiger partial charge in [-0.15, -0.1) is 5.10 Å². The molecule has 0 unspecified atom stereocenters. The predicted octanol–water partition coefficient (Wildman–Crippen LogP) is 1.51. The maximum atomic E-state index is 11.7. The zero-order valence-electron chi connectivity index (χ0n) is 10.4. The molecular formula is C12H14N4O2S. The van der Waals surface area contributed by atoms with Crippen LogP contribution in [0.2, 0.25) is 0 Å². The van der Waals surface area contributed by atoms with Crippen LogP contribution in [0.4, 0.5) is 0 Å². The van der Waals surface area contributed by atoms with E-state index in [0.29, 0.717) is 10.2 Å².